The average molecular weight is 70.4 g/mol. The second-order valence-electron chi connectivity index (χ2n) is 0.218. The van der Waals surface area contributed by atoms with E-state index in [-0.39, 0.29) is 18.9 Å². The molecule has 0 aromatic heterocycles. The zero-order valence-electron chi connectivity index (χ0n) is 2.96. The fourth-order valence-corrected chi connectivity index (χ4v) is 0. The van der Waals surface area contributed by atoms with Crippen LogP contribution in [0.1, 0.15) is 6.92 Å². The molecule has 0 bridgehead atoms. The molecule has 0 spiro atoms. The molecule has 0 radical (unpaired) electrons. The second kappa shape index (κ2) is 9.10. The Hall–Kier alpha value is 0.887. The van der Waals surface area contributed by atoms with E-state index in [1.54, 1.807) is 6.92 Å². The van der Waals surface area contributed by atoms with Crippen LogP contribution in [0.15, 0.2) is 0 Å². The first-order valence-electron chi connectivity index (χ1n) is 0.796. The first-order chi connectivity index (χ1) is 1.41. The predicted molar refractivity (Wildman–Crippen MR) is 15.8 cm³/mol. The second-order valence-corrected chi connectivity index (χ2v) is 0.655. The summed E-state index contributed by atoms with van der Waals surface area (Å²) in [6, 6.07) is 0. The molecular weight excluding hydrogens is 66.4 g/mol. The molecule has 0 heterocycles. The molecule has 0 aromatic rings. The molecule has 0 saturated carbocycles. The van der Waals surface area contributed by atoms with Crippen molar-refractivity contribution in [1.29, 1.82) is 0 Å². The van der Waals surface area contributed by atoms with Gasteiger partial charge in [-0.1, -0.05) is 0 Å². The molecule has 2 heteroatoms. The topological polar surface area (TPSA) is 0 Å². The molecule has 0 aliphatic rings. The molecule has 0 nitrogen and oxygen atoms in total. The molecular formula is C2H4ClLi. The van der Waals surface area contributed by atoms with Gasteiger partial charge in [-0.15, -0.1) is 0 Å². The van der Waals surface area contributed by atoms with Gasteiger partial charge in [0.05, 0.1) is 0 Å². The molecule has 20 valence electrons. The Labute approximate surface area is 43.7 Å². The first-order valence-corrected chi connectivity index (χ1v) is 1.23. The fraction of sp³-hybridized carbons (Fsp3) is 0.500. The van der Waals surface area contributed by atoms with E-state index in [4.69, 9.17) is 11.6 Å². The number of hydrogen-bond acceptors (Lipinski definition) is 0. The Morgan fingerprint density at radius 1 is 1.75 bits per heavy atom. The number of halogens is 1. The van der Waals surface area contributed by atoms with Crippen molar-refractivity contribution in [2.24, 2.45) is 0 Å². The van der Waals surface area contributed by atoms with Crippen LogP contribution in [0.25, 0.3) is 0 Å². The standard InChI is InChI=1S/C2H4Cl.Li/c1-2-3;/h2H,1H3;/q-1;+1. The van der Waals surface area contributed by atoms with Crippen LogP contribution in [0.4, 0.5) is 0 Å². The smallest absolute Gasteiger partial charge is 0.349 e. The molecule has 0 saturated heterocycles. The Balaban J connectivity index is 0. The molecule has 0 fully saturated rings. The van der Waals surface area contributed by atoms with E-state index >= 15 is 0 Å². The summed E-state index contributed by atoms with van der Waals surface area (Å²) in [6.07, 6.45) is 0. The minimum absolute atomic E-state index is 0. The molecule has 0 unspecified atom stereocenters. The zero-order valence-corrected chi connectivity index (χ0v) is 3.71. The van der Waals surface area contributed by atoms with Gasteiger partial charge in [0.2, 0.25) is 0 Å². The minimum atomic E-state index is 0. The maximum absolute atomic E-state index is 4.87. The summed E-state index contributed by atoms with van der Waals surface area (Å²) in [5.41, 5.74) is 0. The third-order valence-electron chi connectivity index (χ3n) is 0. The van der Waals surface area contributed by atoms with Gasteiger partial charge in [-0.3, -0.25) is 0 Å². The number of hydrogen-bond donors (Lipinski definition) is 0. The minimum Gasteiger partial charge on any atom is -0.349 e. The van der Waals surface area contributed by atoms with Gasteiger partial charge in [0, 0.05) is 0 Å². The third kappa shape index (κ3) is 13.1. The third-order valence-corrected chi connectivity index (χ3v) is 0. The van der Waals surface area contributed by atoms with Crippen molar-refractivity contribution >= 4 is 11.6 Å². The molecule has 0 N–H and O–H groups in total. The summed E-state index contributed by atoms with van der Waals surface area (Å²) in [5, 5.41) is 0. The van der Waals surface area contributed by atoms with E-state index in [2.05, 4.69) is 0 Å². The molecule has 0 aromatic carbocycles. The van der Waals surface area contributed by atoms with Gasteiger partial charge in [-0.2, -0.15) is 6.92 Å². The molecule has 0 aliphatic heterocycles. The van der Waals surface area contributed by atoms with Crippen LogP contribution >= 0.6 is 11.6 Å². The summed E-state index contributed by atoms with van der Waals surface area (Å²) >= 11 is 4.87. The maximum Gasteiger partial charge on any atom is 1.00 e. The molecule has 0 amide bonds. The van der Waals surface area contributed by atoms with Crippen molar-refractivity contribution in [2.45, 2.75) is 6.92 Å². The molecule has 0 atom stereocenters. The van der Waals surface area contributed by atoms with Gasteiger partial charge in [0.15, 0.2) is 0 Å². The Kier molecular flexibility index (Phi) is 20.1. The van der Waals surface area contributed by atoms with Crippen LogP contribution < -0.4 is 18.9 Å². The van der Waals surface area contributed by atoms with Crippen molar-refractivity contribution in [3.63, 3.8) is 0 Å². The van der Waals surface area contributed by atoms with E-state index in [0.717, 1.165) is 0 Å². The zero-order chi connectivity index (χ0) is 2.71. The van der Waals surface area contributed by atoms with Crippen molar-refractivity contribution in [1.82, 2.24) is 0 Å². The predicted octanol–water partition coefficient (Wildman–Crippen LogP) is -1.59. The van der Waals surface area contributed by atoms with E-state index < -0.39 is 0 Å². The summed E-state index contributed by atoms with van der Waals surface area (Å²) in [6.45, 7) is 1.77. The molecule has 0 aliphatic carbocycles. The molecule has 4 heavy (non-hydrogen) atoms. The van der Waals surface area contributed by atoms with Crippen LogP contribution in [0, 0.1) is 5.88 Å². The van der Waals surface area contributed by atoms with Gasteiger partial charge >= 0.3 is 18.9 Å². The summed E-state index contributed by atoms with van der Waals surface area (Å²) in [7, 11) is 0. The normalized spacial score (nSPS) is 4.50. The van der Waals surface area contributed by atoms with Crippen molar-refractivity contribution in [3.05, 3.63) is 5.88 Å². The Morgan fingerprint density at radius 2 is 1.75 bits per heavy atom. The van der Waals surface area contributed by atoms with Gasteiger partial charge < -0.3 is 11.6 Å². The largest absolute Gasteiger partial charge is 1.00 e. The van der Waals surface area contributed by atoms with Gasteiger partial charge in [0.25, 0.3) is 0 Å². The summed E-state index contributed by atoms with van der Waals surface area (Å²) < 4.78 is 0. The van der Waals surface area contributed by atoms with Crippen LogP contribution in [0.3, 0.4) is 0 Å². The Bertz CT molecular complexity index is 6.00. The van der Waals surface area contributed by atoms with Crippen molar-refractivity contribution in [3.8, 4) is 0 Å². The summed E-state index contributed by atoms with van der Waals surface area (Å²) in [4.78, 5) is 0. The maximum atomic E-state index is 4.87. The monoisotopic (exact) mass is 70.0 g/mol. The SMILES string of the molecule is C[CH-]Cl.[Li+]. The quantitative estimate of drug-likeness (QED) is 0.238. The molecule has 0 rings (SSSR count). The van der Waals surface area contributed by atoms with Crippen LogP contribution in [0.2, 0.25) is 0 Å². The van der Waals surface area contributed by atoms with Crippen LogP contribution in [-0.2, 0) is 0 Å². The number of rotatable bonds is 0. The van der Waals surface area contributed by atoms with Crippen molar-refractivity contribution in [2.75, 3.05) is 0 Å². The van der Waals surface area contributed by atoms with E-state index in [0.29, 0.717) is 0 Å². The van der Waals surface area contributed by atoms with E-state index in [1.807, 2.05) is 0 Å². The first kappa shape index (κ1) is 8.86. The average Bonchev–Trinajstić information content (AvgIpc) is 0.918. The Morgan fingerprint density at radius 3 is 1.75 bits per heavy atom. The summed E-state index contributed by atoms with van der Waals surface area (Å²) in [5.74, 6) is 1.47. The van der Waals surface area contributed by atoms with E-state index in [1.165, 1.54) is 5.88 Å². The van der Waals surface area contributed by atoms with E-state index in [9.17, 15) is 0 Å². The van der Waals surface area contributed by atoms with Gasteiger partial charge in [-0.25, -0.2) is 5.88 Å². The van der Waals surface area contributed by atoms with Crippen molar-refractivity contribution < 1.29 is 18.9 Å². The van der Waals surface area contributed by atoms with Crippen LogP contribution in [-0.4, -0.2) is 0 Å². The fourth-order valence-electron chi connectivity index (χ4n) is 0. The van der Waals surface area contributed by atoms with Gasteiger partial charge in [-0.05, 0) is 0 Å². The van der Waals surface area contributed by atoms with Gasteiger partial charge in [0.1, 0.15) is 0 Å². The van der Waals surface area contributed by atoms with Crippen LogP contribution in [0.5, 0.6) is 0 Å².